The van der Waals surface area contributed by atoms with Crippen molar-refractivity contribution >= 4 is 37.2 Å². The maximum Gasteiger partial charge on any atom is 0.264 e. The van der Waals surface area contributed by atoms with Crippen LogP contribution < -0.4 is 0 Å². The van der Waals surface area contributed by atoms with E-state index in [1.165, 1.54) is 11.3 Å². The molecule has 1 aliphatic heterocycles. The molecular formula is C16H17NO3S2. The highest BCUT2D eigenvalue weighted by atomic mass is 32.2. The fourth-order valence-corrected chi connectivity index (χ4v) is 5.54. The van der Waals surface area contributed by atoms with Crippen molar-refractivity contribution in [3.8, 4) is 0 Å². The molecule has 6 heteroatoms. The van der Waals surface area contributed by atoms with Crippen LogP contribution in [0.1, 0.15) is 16.1 Å². The van der Waals surface area contributed by atoms with Crippen LogP contribution in [0.3, 0.4) is 0 Å². The SMILES string of the molecule is C=CCN(C(=O)c1cc2ccccc2s1)C1CCS(=O)(=O)C1. The molecule has 0 bridgehead atoms. The fraction of sp³-hybridized carbons (Fsp3) is 0.312. The van der Waals surface area contributed by atoms with Crippen LogP contribution in [-0.2, 0) is 9.84 Å². The first-order valence-corrected chi connectivity index (χ1v) is 9.75. The van der Waals surface area contributed by atoms with E-state index in [2.05, 4.69) is 6.58 Å². The zero-order valence-corrected chi connectivity index (χ0v) is 13.7. The highest BCUT2D eigenvalue weighted by molar-refractivity contribution is 7.91. The van der Waals surface area contributed by atoms with Gasteiger partial charge in [0, 0.05) is 17.3 Å². The Kier molecular flexibility index (Phi) is 4.06. The van der Waals surface area contributed by atoms with Gasteiger partial charge in [0.25, 0.3) is 5.91 Å². The average Bonchev–Trinajstić information content (AvgIpc) is 3.07. The van der Waals surface area contributed by atoms with Crippen LogP contribution in [-0.4, -0.2) is 43.3 Å². The molecule has 1 aliphatic rings. The number of benzene rings is 1. The van der Waals surface area contributed by atoms with E-state index in [9.17, 15) is 13.2 Å². The Morgan fingerprint density at radius 2 is 2.18 bits per heavy atom. The van der Waals surface area contributed by atoms with Crippen molar-refractivity contribution < 1.29 is 13.2 Å². The number of hydrogen-bond donors (Lipinski definition) is 0. The molecular weight excluding hydrogens is 318 g/mol. The van der Waals surface area contributed by atoms with Gasteiger partial charge in [0.15, 0.2) is 9.84 Å². The third-order valence-corrected chi connectivity index (χ3v) is 6.73. The summed E-state index contributed by atoms with van der Waals surface area (Å²) in [5.41, 5.74) is 0. The van der Waals surface area contributed by atoms with E-state index in [1.807, 2.05) is 30.3 Å². The minimum atomic E-state index is -3.02. The second-order valence-corrected chi connectivity index (χ2v) is 8.76. The normalized spacial score (nSPS) is 20.1. The summed E-state index contributed by atoms with van der Waals surface area (Å²) < 4.78 is 24.4. The van der Waals surface area contributed by atoms with Crippen molar-refractivity contribution in [2.45, 2.75) is 12.5 Å². The third kappa shape index (κ3) is 2.94. The van der Waals surface area contributed by atoms with E-state index in [0.717, 1.165) is 10.1 Å². The van der Waals surface area contributed by atoms with Crippen LogP contribution in [0.15, 0.2) is 43.0 Å². The molecule has 0 saturated carbocycles. The third-order valence-electron chi connectivity index (χ3n) is 3.87. The van der Waals surface area contributed by atoms with Crippen molar-refractivity contribution in [1.29, 1.82) is 0 Å². The Morgan fingerprint density at radius 1 is 1.41 bits per heavy atom. The van der Waals surface area contributed by atoms with Gasteiger partial charge in [-0.3, -0.25) is 4.79 Å². The van der Waals surface area contributed by atoms with Crippen LogP contribution in [0.25, 0.3) is 10.1 Å². The number of hydrogen-bond acceptors (Lipinski definition) is 4. The number of amides is 1. The van der Waals surface area contributed by atoms with E-state index in [-0.39, 0.29) is 23.5 Å². The standard InChI is InChI=1S/C16H17NO3S2/c1-2-8-17(13-7-9-22(19,20)11-13)16(18)15-10-12-5-3-4-6-14(12)21-15/h2-6,10,13H,1,7-9,11H2. The van der Waals surface area contributed by atoms with Crippen molar-refractivity contribution in [3.63, 3.8) is 0 Å². The van der Waals surface area contributed by atoms with Crippen molar-refractivity contribution in [2.75, 3.05) is 18.1 Å². The first-order chi connectivity index (χ1) is 10.5. The maximum absolute atomic E-state index is 12.8. The molecule has 2 aromatic rings. The summed E-state index contributed by atoms with van der Waals surface area (Å²) in [5, 5.41) is 1.04. The lowest BCUT2D eigenvalue weighted by Gasteiger charge is -2.26. The minimum absolute atomic E-state index is 0.0531. The quantitative estimate of drug-likeness (QED) is 0.807. The number of nitrogens with zero attached hydrogens (tertiary/aromatic N) is 1. The van der Waals surface area contributed by atoms with Crippen molar-refractivity contribution in [1.82, 2.24) is 4.90 Å². The molecule has 3 rings (SSSR count). The first-order valence-electron chi connectivity index (χ1n) is 7.11. The number of sulfone groups is 1. The van der Waals surface area contributed by atoms with Gasteiger partial charge in [-0.1, -0.05) is 24.3 Å². The molecule has 0 radical (unpaired) electrons. The Labute approximate surface area is 134 Å². The zero-order chi connectivity index (χ0) is 15.7. The Morgan fingerprint density at radius 3 is 2.82 bits per heavy atom. The topological polar surface area (TPSA) is 54.5 Å². The zero-order valence-electron chi connectivity index (χ0n) is 12.1. The van der Waals surface area contributed by atoms with Gasteiger partial charge < -0.3 is 4.90 Å². The monoisotopic (exact) mass is 335 g/mol. The minimum Gasteiger partial charge on any atom is -0.330 e. The lowest BCUT2D eigenvalue weighted by Crippen LogP contribution is -2.40. The molecule has 22 heavy (non-hydrogen) atoms. The summed E-state index contributed by atoms with van der Waals surface area (Å²) in [7, 11) is -3.02. The van der Waals surface area contributed by atoms with Crippen LogP contribution in [0.2, 0.25) is 0 Å². The molecule has 2 heterocycles. The maximum atomic E-state index is 12.8. The van der Waals surface area contributed by atoms with E-state index in [0.29, 0.717) is 17.8 Å². The predicted molar refractivity (Wildman–Crippen MR) is 90.1 cm³/mol. The first kappa shape index (κ1) is 15.2. The van der Waals surface area contributed by atoms with Gasteiger partial charge in [0.1, 0.15) is 0 Å². The number of carbonyl (C=O) groups excluding carboxylic acids is 1. The second-order valence-electron chi connectivity index (χ2n) is 5.45. The number of fused-ring (bicyclic) bond motifs is 1. The average molecular weight is 335 g/mol. The summed E-state index contributed by atoms with van der Waals surface area (Å²) >= 11 is 1.44. The summed E-state index contributed by atoms with van der Waals surface area (Å²) in [6.07, 6.45) is 2.16. The molecule has 0 spiro atoms. The molecule has 1 saturated heterocycles. The van der Waals surface area contributed by atoms with E-state index in [1.54, 1.807) is 11.0 Å². The molecule has 116 valence electrons. The summed E-state index contributed by atoms with van der Waals surface area (Å²) in [5.74, 6) is 0.103. The van der Waals surface area contributed by atoms with E-state index >= 15 is 0 Å². The van der Waals surface area contributed by atoms with Crippen molar-refractivity contribution in [3.05, 3.63) is 47.9 Å². The highest BCUT2D eigenvalue weighted by Gasteiger charge is 2.34. The highest BCUT2D eigenvalue weighted by Crippen LogP contribution is 2.28. The van der Waals surface area contributed by atoms with Crippen molar-refractivity contribution in [2.24, 2.45) is 0 Å². The molecule has 1 aromatic heterocycles. The Balaban J connectivity index is 1.90. The number of thiophene rings is 1. The van der Waals surface area contributed by atoms with Crippen LogP contribution in [0.5, 0.6) is 0 Å². The molecule has 1 atom stereocenters. The lowest BCUT2D eigenvalue weighted by molar-refractivity contribution is 0.0725. The summed E-state index contributed by atoms with van der Waals surface area (Å²) in [6, 6.07) is 9.46. The van der Waals surface area contributed by atoms with Gasteiger partial charge in [-0.15, -0.1) is 17.9 Å². The van der Waals surface area contributed by atoms with Gasteiger partial charge in [0.05, 0.1) is 16.4 Å². The molecule has 4 nitrogen and oxygen atoms in total. The summed E-state index contributed by atoms with van der Waals surface area (Å²) in [4.78, 5) is 15.1. The van der Waals surface area contributed by atoms with E-state index in [4.69, 9.17) is 0 Å². The van der Waals surface area contributed by atoms with E-state index < -0.39 is 9.84 Å². The molecule has 0 N–H and O–H groups in total. The van der Waals surface area contributed by atoms with Gasteiger partial charge in [-0.05, 0) is 23.9 Å². The van der Waals surface area contributed by atoms with Gasteiger partial charge in [0.2, 0.25) is 0 Å². The largest absolute Gasteiger partial charge is 0.330 e. The molecule has 1 amide bonds. The molecule has 0 aliphatic carbocycles. The van der Waals surface area contributed by atoms with Gasteiger partial charge in [-0.2, -0.15) is 0 Å². The van der Waals surface area contributed by atoms with Crippen LogP contribution >= 0.6 is 11.3 Å². The predicted octanol–water partition coefficient (Wildman–Crippen LogP) is 2.72. The van der Waals surface area contributed by atoms with Crippen LogP contribution in [0, 0.1) is 0 Å². The number of carbonyl (C=O) groups is 1. The van der Waals surface area contributed by atoms with Crippen LogP contribution in [0.4, 0.5) is 0 Å². The second kappa shape index (κ2) is 5.85. The lowest BCUT2D eigenvalue weighted by atomic mass is 10.2. The smallest absolute Gasteiger partial charge is 0.264 e. The summed E-state index contributed by atoms with van der Waals surface area (Å²) in [6.45, 7) is 4.06. The Hall–Kier alpha value is -1.66. The van der Waals surface area contributed by atoms with Gasteiger partial charge >= 0.3 is 0 Å². The Bertz CT molecular complexity index is 790. The molecule has 1 unspecified atom stereocenters. The fourth-order valence-electron chi connectivity index (χ4n) is 2.79. The number of rotatable bonds is 4. The molecule has 1 fully saturated rings. The van der Waals surface area contributed by atoms with Gasteiger partial charge in [-0.25, -0.2) is 8.42 Å². The molecule has 1 aromatic carbocycles.